The molecule has 70 heavy (non-hydrogen) atoms. The number of nitrogens with one attached hydrogen (secondary N) is 6. The molecule has 3 saturated heterocycles. The fraction of sp³-hybridized carbons (Fsp3) is 0.795. The quantitative estimate of drug-likeness (QED) is 0.0379. The molecular formula is C44H76N10O16. The highest BCUT2D eigenvalue weighted by Gasteiger charge is 2.49. The normalized spacial score (nSPS) is 25.8. The van der Waals surface area contributed by atoms with E-state index in [0.717, 1.165) is 18.7 Å². The van der Waals surface area contributed by atoms with Crippen LogP contribution in [0, 0.1) is 5.92 Å². The smallest absolute Gasteiger partial charge is 0.248 e. The van der Waals surface area contributed by atoms with Crippen LogP contribution in [0.25, 0.3) is 0 Å². The average molecular weight is 1000 g/mol. The Labute approximate surface area is 407 Å². The van der Waals surface area contributed by atoms with E-state index in [2.05, 4.69) is 31.9 Å². The summed E-state index contributed by atoms with van der Waals surface area (Å²) in [5.41, 5.74) is 11.1. The fourth-order valence-electron chi connectivity index (χ4n) is 8.72. The third kappa shape index (κ3) is 16.2. The first kappa shape index (κ1) is 59.2. The van der Waals surface area contributed by atoms with Crippen LogP contribution in [-0.4, -0.2) is 206 Å². The van der Waals surface area contributed by atoms with Crippen LogP contribution < -0.4 is 43.4 Å². The minimum atomic E-state index is -1.89. The predicted octanol–water partition coefficient (Wildman–Crippen LogP) is -5.82. The van der Waals surface area contributed by atoms with Crippen molar-refractivity contribution >= 4 is 53.2 Å². The highest BCUT2D eigenvalue weighted by molar-refractivity contribution is 5.98. The number of aliphatic hydroxyl groups excluding tert-OH is 5. The summed E-state index contributed by atoms with van der Waals surface area (Å²) in [6.45, 7) is 9.35. The molecule has 0 spiro atoms. The van der Waals surface area contributed by atoms with Gasteiger partial charge in [-0.3, -0.25) is 43.2 Å². The number of nitrogens with zero attached hydrogens (tertiary/aromatic N) is 2. The molecule has 3 fully saturated rings. The van der Waals surface area contributed by atoms with Crippen molar-refractivity contribution in [3.05, 3.63) is 0 Å². The molecule has 0 aromatic carbocycles. The number of unbranched alkanes of at least 4 members (excludes halogenated alkanes) is 1. The van der Waals surface area contributed by atoms with Crippen molar-refractivity contribution in [1.29, 1.82) is 0 Å². The van der Waals surface area contributed by atoms with Crippen LogP contribution in [0.5, 0.6) is 0 Å². The molecule has 0 aromatic heterocycles. The Kier molecular flexibility index (Phi) is 23.3. The zero-order chi connectivity index (χ0) is 52.7. The van der Waals surface area contributed by atoms with Crippen molar-refractivity contribution in [2.24, 2.45) is 17.4 Å². The second-order valence-electron chi connectivity index (χ2n) is 18.7. The Morgan fingerprint density at radius 1 is 0.714 bits per heavy atom. The number of ether oxygens (including phenoxy) is 2. The van der Waals surface area contributed by atoms with Gasteiger partial charge in [-0.05, 0) is 84.6 Å². The minimum Gasteiger partial charge on any atom is -0.394 e. The predicted molar refractivity (Wildman–Crippen MR) is 246 cm³/mol. The number of carbonyl (C=O) groups is 9. The van der Waals surface area contributed by atoms with Gasteiger partial charge >= 0.3 is 0 Å². The lowest BCUT2D eigenvalue weighted by molar-refractivity contribution is -0.281. The number of likely N-dealkylation sites (tertiary alicyclic amines) is 2. The Morgan fingerprint density at radius 2 is 1.26 bits per heavy atom. The van der Waals surface area contributed by atoms with Crippen LogP contribution in [0.1, 0.15) is 99.8 Å². The molecule has 15 atom stereocenters. The van der Waals surface area contributed by atoms with E-state index in [1.807, 2.05) is 0 Å². The van der Waals surface area contributed by atoms with Crippen molar-refractivity contribution in [3.8, 4) is 0 Å². The molecule has 3 rings (SSSR count). The largest absolute Gasteiger partial charge is 0.394 e. The topological polar surface area (TPSA) is 404 Å². The molecule has 26 nitrogen and oxygen atoms in total. The van der Waals surface area contributed by atoms with E-state index in [1.54, 1.807) is 13.8 Å². The van der Waals surface area contributed by atoms with Crippen LogP contribution in [0.3, 0.4) is 0 Å². The minimum absolute atomic E-state index is 0.0672. The summed E-state index contributed by atoms with van der Waals surface area (Å²) in [4.78, 5) is 123. The number of amides is 9. The van der Waals surface area contributed by atoms with Gasteiger partial charge in [0.05, 0.1) is 24.9 Å². The molecule has 15 N–H and O–H groups in total. The van der Waals surface area contributed by atoms with Gasteiger partial charge in [0.15, 0.2) is 6.29 Å². The van der Waals surface area contributed by atoms with E-state index in [4.69, 9.17) is 20.9 Å². The van der Waals surface area contributed by atoms with Gasteiger partial charge in [-0.15, -0.1) is 0 Å². The molecule has 0 unspecified atom stereocenters. The van der Waals surface area contributed by atoms with Crippen molar-refractivity contribution in [3.63, 3.8) is 0 Å². The number of rotatable bonds is 25. The van der Waals surface area contributed by atoms with Gasteiger partial charge < -0.3 is 88.2 Å². The zero-order valence-corrected chi connectivity index (χ0v) is 41.0. The summed E-state index contributed by atoms with van der Waals surface area (Å²) in [5, 5.41) is 67.9. The van der Waals surface area contributed by atoms with E-state index in [0.29, 0.717) is 32.4 Å². The standard InChI is InChI=1S/C44H76N10O16/c1-20(2)18-27(38(63)48-26(37(46)62)12-8-9-15-45)49-39(64)29-14-11-17-54(29)43(68)33(23(5)69-44-34(47-24(6)58)36(61)35(60)30(19-55)70-44)52-42(67)32(22(4)57)51-41(66)31(21(3)56)50-40(65)28-13-10-16-53(28)25(7)59/h20-23,26-36,44,55-57,60-61H,8-19,45H2,1-7H3,(H2,46,62)(H,47,58)(H,48,63)(H,49,64)(H,50,65)(H,51,66)(H,52,67)/t21-,22-,23-,26+,27+,28+,29+,30-,31+,32+,33+,34-,35+,36-,44+/m1/s1. The summed E-state index contributed by atoms with van der Waals surface area (Å²) in [5.74, 6) is -7.52. The molecule has 0 bridgehead atoms. The SMILES string of the molecule is CC(=O)N[C@H]1[C@@H](O[C@H](C)[C@H](NC(=O)[C@@H](NC(=O)[C@@H](NC(=O)[C@@H]2CCCN2C(C)=O)[C@@H](C)O)[C@@H](C)O)C(=O)N2CCC[C@H]2C(=O)N[C@@H](CC(C)C)C(=O)N[C@@H](CCCCN)C(N)=O)O[C@H](CO)[C@H](O)[C@@H]1O. The molecule has 0 aromatic rings. The maximum atomic E-state index is 14.9. The summed E-state index contributed by atoms with van der Waals surface area (Å²) >= 11 is 0. The Morgan fingerprint density at radius 3 is 1.77 bits per heavy atom. The van der Waals surface area contributed by atoms with Crippen molar-refractivity contribution in [1.82, 2.24) is 41.7 Å². The lowest BCUT2D eigenvalue weighted by Gasteiger charge is -2.43. The molecule has 3 aliphatic heterocycles. The molecular weight excluding hydrogens is 925 g/mol. The van der Waals surface area contributed by atoms with Gasteiger partial charge in [-0.2, -0.15) is 0 Å². The molecule has 398 valence electrons. The first-order valence-corrected chi connectivity index (χ1v) is 23.8. The molecule has 3 aliphatic rings. The van der Waals surface area contributed by atoms with Crippen LogP contribution in [0.15, 0.2) is 0 Å². The van der Waals surface area contributed by atoms with E-state index >= 15 is 0 Å². The first-order chi connectivity index (χ1) is 32.8. The number of nitrogens with two attached hydrogens (primary N) is 2. The van der Waals surface area contributed by atoms with Crippen LogP contribution in [0.2, 0.25) is 0 Å². The second kappa shape index (κ2) is 27.5. The second-order valence-corrected chi connectivity index (χ2v) is 18.7. The summed E-state index contributed by atoms with van der Waals surface area (Å²) in [6.07, 6.45) is -8.95. The summed E-state index contributed by atoms with van der Waals surface area (Å²) in [7, 11) is 0. The highest BCUT2D eigenvalue weighted by atomic mass is 16.7. The summed E-state index contributed by atoms with van der Waals surface area (Å²) in [6, 6.07) is -11.4. The van der Waals surface area contributed by atoms with Gasteiger partial charge in [0, 0.05) is 26.9 Å². The molecule has 0 saturated carbocycles. The van der Waals surface area contributed by atoms with Crippen LogP contribution in [0.4, 0.5) is 0 Å². The maximum absolute atomic E-state index is 14.9. The van der Waals surface area contributed by atoms with E-state index in [-0.39, 0.29) is 50.5 Å². The fourth-order valence-corrected chi connectivity index (χ4v) is 8.72. The highest BCUT2D eigenvalue weighted by Crippen LogP contribution is 2.26. The number of hydrogen-bond donors (Lipinski definition) is 13. The van der Waals surface area contributed by atoms with Gasteiger partial charge in [0.2, 0.25) is 53.2 Å². The Hall–Kier alpha value is -5.09. The van der Waals surface area contributed by atoms with Gasteiger partial charge in [-0.25, -0.2) is 0 Å². The first-order valence-electron chi connectivity index (χ1n) is 23.8. The number of aliphatic hydroxyl groups is 5. The van der Waals surface area contributed by atoms with Crippen molar-refractivity contribution in [2.75, 3.05) is 26.2 Å². The number of hydrogen-bond acceptors (Lipinski definition) is 17. The maximum Gasteiger partial charge on any atom is 0.248 e. The third-order valence-electron chi connectivity index (χ3n) is 12.5. The van der Waals surface area contributed by atoms with Gasteiger partial charge in [-0.1, -0.05) is 13.8 Å². The van der Waals surface area contributed by atoms with E-state index in [1.165, 1.54) is 25.7 Å². The Balaban J connectivity index is 1.99. The molecule has 0 aliphatic carbocycles. The lowest BCUT2D eigenvalue weighted by atomic mass is 9.96. The van der Waals surface area contributed by atoms with E-state index < -0.39 is 145 Å². The van der Waals surface area contributed by atoms with Crippen molar-refractivity contribution in [2.45, 2.75) is 191 Å². The van der Waals surface area contributed by atoms with Crippen molar-refractivity contribution < 1.29 is 78.2 Å². The molecule has 0 radical (unpaired) electrons. The molecule has 26 heteroatoms. The number of carbonyl (C=O) groups excluding carboxylic acids is 9. The van der Waals surface area contributed by atoms with Crippen LogP contribution in [-0.2, 0) is 52.6 Å². The monoisotopic (exact) mass is 1000 g/mol. The Bertz CT molecular complexity index is 1840. The average Bonchev–Trinajstić information content (AvgIpc) is 3.99. The number of primary amides is 1. The van der Waals surface area contributed by atoms with Gasteiger partial charge in [0.25, 0.3) is 0 Å². The van der Waals surface area contributed by atoms with E-state index in [9.17, 15) is 68.7 Å². The lowest BCUT2D eigenvalue weighted by Crippen LogP contribution is -2.67. The zero-order valence-electron chi connectivity index (χ0n) is 41.0. The third-order valence-corrected chi connectivity index (χ3v) is 12.5. The molecule has 9 amide bonds. The van der Waals surface area contributed by atoms with Crippen LogP contribution >= 0.6 is 0 Å². The summed E-state index contributed by atoms with van der Waals surface area (Å²) < 4.78 is 11.8. The molecule has 3 heterocycles. The van der Waals surface area contributed by atoms with Gasteiger partial charge in [0.1, 0.15) is 66.6 Å².